The summed E-state index contributed by atoms with van der Waals surface area (Å²) in [6, 6.07) is 14.6. The molecule has 1 aromatic heterocycles. The Morgan fingerprint density at radius 2 is 1.74 bits per heavy atom. The first kappa shape index (κ1) is 30.3. The van der Waals surface area contributed by atoms with E-state index in [4.69, 9.17) is 0 Å². The van der Waals surface area contributed by atoms with Crippen molar-refractivity contribution in [2.75, 3.05) is 31.5 Å². The van der Waals surface area contributed by atoms with E-state index in [2.05, 4.69) is 57.4 Å². The summed E-state index contributed by atoms with van der Waals surface area (Å²) in [4.78, 5) is 45.5. The zero-order chi connectivity index (χ0) is 30.5. The first-order valence-electron chi connectivity index (χ1n) is 15.3. The number of nitrogens with zero attached hydrogens (tertiary/aromatic N) is 2. The van der Waals surface area contributed by atoms with Crippen molar-refractivity contribution in [2.24, 2.45) is 0 Å². The number of hydrogen-bond acceptors (Lipinski definition) is 5. The van der Waals surface area contributed by atoms with Crippen LogP contribution in [0.5, 0.6) is 0 Å². The van der Waals surface area contributed by atoms with E-state index in [0.717, 1.165) is 59.7 Å². The highest BCUT2D eigenvalue weighted by Gasteiger charge is 2.26. The normalized spacial score (nSPS) is 17.1. The molecule has 2 aliphatic rings. The molecule has 0 saturated carbocycles. The lowest BCUT2D eigenvalue weighted by Crippen LogP contribution is -2.31. The van der Waals surface area contributed by atoms with Gasteiger partial charge in [-0.2, -0.15) is 0 Å². The molecule has 2 fully saturated rings. The van der Waals surface area contributed by atoms with E-state index in [9.17, 15) is 14.4 Å². The van der Waals surface area contributed by atoms with E-state index < -0.39 is 0 Å². The number of nitrogens with one attached hydrogen (secondary N) is 3. The number of amides is 2. The van der Waals surface area contributed by atoms with Crippen LogP contribution in [0.1, 0.15) is 64.0 Å². The van der Waals surface area contributed by atoms with Gasteiger partial charge in [-0.15, -0.1) is 0 Å². The number of aryl methyl sites for hydroxylation is 2. The van der Waals surface area contributed by atoms with Crippen LogP contribution in [0.3, 0.4) is 0 Å². The van der Waals surface area contributed by atoms with Crippen molar-refractivity contribution in [2.45, 2.75) is 65.6 Å². The molecule has 2 saturated heterocycles. The number of carbonyl (C=O) groups excluding carboxylic acids is 2. The standard InChI is InChI=1S/C35H43N5O3/c1-5-33(41)40-16-13-29(22-40)38-32-19-28(27-11-9-26(10-12-27)21-39-14-7-6-8-15-39)18-30(25(32)4)34(42)36-20-31-23(2)17-24(3)37-35(31)43/h5,9-12,17-19,29,38H,1,6-8,13-16,20-22H2,2-4H3,(H,36,42)(H,37,43). The number of H-pyrrole nitrogens is 1. The predicted octanol–water partition coefficient (Wildman–Crippen LogP) is 5.08. The Hall–Kier alpha value is -4.17. The third-order valence-corrected chi connectivity index (χ3v) is 8.75. The summed E-state index contributed by atoms with van der Waals surface area (Å²) in [7, 11) is 0. The number of aromatic amines is 1. The Morgan fingerprint density at radius 3 is 2.44 bits per heavy atom. The SMILES string of the molecule is C=CC(=O)N1CCC(Nc2cc(-c3ccc(CN4CCCCC4)cc3)cc(C(=O)NCc3c(C)cc(C)[nH]c3=O)c2C)C1. The summed E-state index contributed by atoms with van der Waals surface area (Å²) in [5.41, 5.74) is 7.49. The van der Waals surface area contributed by atoms with Crippen molar-refractivity contribution in [1.82, 2.24) is 20.1 Å². The molecule has 2 aliphatic heterocycles. The number of likely N-dealkylation sites (tertiary alicyclic amines) is 2. The maximum Gasteiger partial charge on any atom is 0.253 e. The van der Waals surface area contributed by atoms with Gasteiger partial charge in [0.15, 0.2) is 0 Å². The number of hydrogen-bond donors (Lipinski definition) is 3. The maximum absolute atomic E-state index is 13.6. The molecule has 2 amide bonds. The van der Waals surface area contributed by atoms with Gasteiger partial charge in [-0.3, -0.25) is 19.3 Å². The minimum absolute atomic E-state index is 0.0643. The van der Waals surface area contributed by atoms with Crippen molar-refractivity contribution in [3.63, 3.8) is 0 Å². The highest BCUT2D eigenvalue weighted by Crippen LogP contribution is 2.31. The van der Waals surface area contributed by atoms with Crippen LogP contribution in [0.4, 0.5) is 5.69 Å². The smallest absolute Gasteiger partial charge is 0.253 e. The fraction of sp³-hybridized carbons (Fsp3) is 0.400. The lowest BCUT2D eigenvalue weighted by Gasteiger charge is -2.26. The van der Waals surface area contributed by atoms with E-state index in [1.165, 1.54) is 30.9 Å². The summed E-state index contributed by atoms with van der Waals surface area (Å²) in [6.45, 7) is 13.9. The third-order valence-electron chi connectivity index (χ3n) is 8.75. The second-order valence-electron chi connectivity index (χ2n) is 12.0. The van der Waals surface area contributed by atoms with Crippen molar-refractivity contribution < 1.29 is 9.59 Å². The Morgan fingerprint density at radius 1 is 1.00 bits per heavy atom. The molecule has 8 heteroatoms. The number of anilines is 1. The van der Waals surface area contributed by atoms with Crippen molar-refractivity contribution in [1.29, 1.82) is 0 Å². The van der Waals surface area contributed by atoms with Gasteiger partial charge in [0.05, 0.1) is 0 Å². The number of benzene rings is 2. The zero-order valence-corrected chi connectivity index (χ0v) is 25.6. The Balaban J connectivity index is 1.41. The van der Waals surface area contributed by atoms with Crippen LogP contribution in [-0.2, 0) is 17.9 Å². The van der Waals surface area contributed by atoms with Crippen molar-refractivity contribution in [3.05, 3.63) is 99.0 Å². The monoisotopic (exact) mass is 581 g/mol. The summed E-state index contributed by atoms with van der Waals surface area (Å²) >= 11 is 0. The third kappa shape index (κ3) is 7.25. The van der Waals surface area contributed by atoms with Crippen molar-refractivity contribution >= 4 is 17.5 Å². The fourth-order valence-corrected chi connectivity index (χ4v) is 6.24. The largest absolute Gasteiger partial charge is 0.380 e. The summed E-state index contributed by atoms with van der Waals surface area (Å²) in [6.07, 6.45) is 6.01. The second kappa shape index (κ2) is 13.4. The molecule has 3 N–H and O–H groups in total. The maximum atomic E-state index is 13.6. The van der Waals surface area contributed by atoms with Gasteiger partial charge in [0.25, 0.3) is 11.5 Å². The summed E-state index contributed by atoms with van der Waals surface area (Å²) in [5.74, 6) is -0.306. The summed E-state index contributed by atoms with van der Waals surface area (Å²) < 4.78 is 0. The van der Waals surface area contributed by atoms with Gasteiger partial charge in [-0.1, -0.05) is 37.3 Å². The minimum atomic E-state index is -0.238. The first-order chi connectivity index (χ1) is 20.7. The average molecular weight is 582 g/mol. The van der Waals surface area contributed by atoms with Gasteiger partial charge in [0, 0.05) is 54.7 Å². The Kier molecular flexibility index (Phi) is 9.46. The fourth-order valence-electron chi connectivity index (χ4n) is 6.24. The summed E-state index contributed by atoms with van der Waals surface area (Å²) in [5, 5.41) is 6.60. The van der Waals surface area contributed by atoms with Gasteiger partial charge in [-0.25, -0.2) is 0 Å². The number of aromatic nitrogens is 1. The molecule has 8 nitrogen and oxygen atoms in total. The molecule has 0 radical (unpaired) electrons. The Labute approximate surface area is 254 Å². The highest BCUT2D eigenvalue weighted by atomic mass is 16.2. The molecule has 226 valence electrons. The van der Waals surface area contributed by atoms with Crippen LogP contribution >= 0.6 is 0 Å². The number of carbonyl (C=O) groups is 2. The molecule has 5 rings (SSSR count). The van der Waals surface area contributed by atoms with Crippen LogP contribution in [0.25, 0.3) is 11.1 Å². The van der Waals surface area contributed by atoms with E-state index in [1.54, 1.807) is 4.90 Å². The van der Waals surface area contributed by atoms with Crippen LogP contribution in [0.15, 0.2) is 59.9 Å². The van der Waals surface area contributed by atoms with E-state index in [-0.39, 0.29) is 30.0 Å². The lowest BCUT2D eigenvalue weighted by atomic mass is 9.96. The minimum Gasteiger partial charge on any atom is -0.380 e. The Bertz CT molecular complexity index is 1550. The molecule has 0 bridgehead atoms. The second-order valence-corrected chi connectivity index (χ2v) is 12.0. The number of pyridine rings is 1. The van der Waals surface area contributed by atoms with E-state index in [0.29, 0.717) is 24.2 Å². The molecular weight excluding hydrogens is 538 g/mol. The number of piperidine rings is 1. The molecule has 2 aromatic carbocycles. The number of rotatable bonds is 9. The van der Waals surface area contributed by atoms with Gasteiger partial charge >= 0.3 is 0 Å². The van der Waals surface area contributed by atoms with Gasteiger partial charge in [0.2, 0.25) is 5.91 Å². The zero-order valence-electron chi connectivity index (χ0n) is 25.6. The van der Waals surface area contributed by atoms with Crippen LogP contribution in [0.2, 0.25) is 0 Å². The highest BCUT2D eigenvalue weighted by molar-refractivity contribution is 5.99. The molecule has 0 aliphatic carbocycles. The molecule has 3 heterocycles. The van der Waals surface area contributed by atoms with Crippen molar-refractivity contribution in [3.8, 4) is 11.1 Å². The van der Waals surface area contributed by atoms with Crippen LogP contribution < -0.4 is 16.2 Å². The predicted molar refractivity (Wildman–Crippen MR) is 172 cm³/mol. The van der Waals surface area contributed by atoms with Gasteiger partial charge < -0.3 is 20.5 Å². The molecule has 1 atom stereocenters. The molecule has 1 unspecified atom stereocenters. The van der Waals surface area contributed by atoms with E-state index in [1.807, 2.05) is 32.9 Å². The molecule has 3 aromatic rings. The average Bonchev–Trinajstić information content (AvgIpc) is 3.46. The lowest BCUT2D eigenvalue weighted by molar-refractivity contribution is -0.125. The molecule has 0 spiro atoms. The quantitative estimate of drug-likeness (QED) is 0.306. The molecule has 43 heavy (non-hydrogen) atoms. The first-order valence-corrected chi connectivity index (χ1v) is 15.3. The van der Waals surface area contributed by atoms with Crippen LogP contribution in [0, 0.1) is 20.8 Å². The topological polar surface area (TPSA) is 97.5 Å². The van der Waals surface area contributed by atoms with Gasteiger partial charge in [0.1, 0.15) is 0 Å². The van der Waals surface area contributed by atoms with E-state index >= 15 is 0 Å². The molecular formula is C35H43N5O3. The van der Waals surface area contributed by atoms with Crippen LogP contribution in [-0.4, -0.2) is 58.8 Å². The van der Waals surface area contributed by atoms with Gasteiger partial charge in [-0.05, 0) is 105 Å².